The van der Waals surface area contributed by atoms with Crippen LogP contribution in [0.15, 0.2) is 59.5 Å². The van der Waals surface area contributed by atoms with Crippen LogP contribution in [0.1, 0.15) is 10.4 Å². The highest BCUT2D eigenvalue weighted by Crippen LogP contribution is 2.34. The molecule has 0 spiro atoms. The van der Waals surface area contributed by atoms with Crippen molar-refractivity contribution < 1.29 is 19.4 Å². The minimum absolute atomic E-state index is 0.0157. The van der Waals surface area contributed by atoms with E-state index in [1.807, 2.05) is 0 Å². The Kier molecular flexibility index (Phi) is 5.07. The lowest BCUT2D eigenvalue weighted by Gasteiger charge is -2.15. The van der Waals surface area contributed by atoms with Crippen LogP contribution in [0.2, 0.25) is 0 Å². The van der Waals surface area contributed by atoms with E-state index in [4.69, 9.17) is 9.47 Å². The maximum Gasteiger partial charge on any atom is 0.294 e. The number of aromatic carboxylic acids is 1. The van der Waals surface area contributed by atoms with Gasteiger partial charge in [-0.3, -0.25) is 4.79 Å². The second-order valence-corrected chi connectivity index (χ2v) is 5.56. The smallest absolute Gasteiger partial charge is 0.294 e. The standard InChI is InChI=1S/C19H17N3O5/c1-22-18(23)17(21-13-7-5-6-12(10-13)19(24)25)16(11-20-22)27-15-9-4-3-8-14(15)26-2/h3-11,21H,1-2H3,(H,24,25)/p-1. The summed E-state index contributed by atoms with van der Waals surface area (Å²) in [4.78, 5) is 23.6. The molecule has 0 atom stereocenters. The van der Waals surface area contributed by atoms with E-state index in [1.165, 1.54) is 32.5 Å². The SMILES string of the molecule is COc1ccccc1Oc1cnn(C)c(=O)c1Nc1cccc(C(=O)[O-])c1. The summed E-state index contributed by atoms with van der Waals surface area (Å²) in [5.74, 6) is -0.252. The molecule has 0 aliphatic carbocycles. The molecule has 3 rings (SSSR count). The van der Waals surface area contributed by atoms with Gasteiger partial charge in [-0.05, 0) is 29.8 Å². The largest absolute Gasteiger partial charge is 0.545 e. The number of carboxylic acids is 1. The van der Waals surface area contributed by atoms with Crippen molar-refractivity contribution in [1.29, 1.82) is 0 Å². The Balaban J connectivity index is 2.02. The number of benzene rings is 2. The predicted octanol–water partition coefficient (Wildman–Crippen LogP) is 1.69. The van der Waals surface area contributed by atoms with Gasteiger partial charge in [-0.15, -0.1) is 0 Å². The Labute approximate surface area is 154 Å². The number of carboxylic acid groups (broad SMARTS) is 1. The monoisotopic (exact) mass is 366 g/mol. The van der Waals surface area contributed by atoms with Crippen LogP contribution in [-0.4, -0.2) is 22.9 Å². The lowest BCUT2D eigenvalue weighted by molar-refractivity contribution is -0.255. The molecule has 138 valence electrons. The minimum Gasteiger partial charge on any atom is -0.545 e. The molecule has 0 saturated carbocycles. The lowest BCUT2D eigenvalue weighted by Crippen LogP contribution is -2.23. The maximum atomic E-state index is 12.6. The molecule has 0 aliphatic heterocycles. The van der Waals surface area contributed by atoms with Crippen LogP contribution < -0.4 is 25.5 Å². The molecule has 2 aromatic carbocycles. The highest BCUT2D eigenvalue weighted by atomic mass is 16.5. The van der Waals surface area contributed by atoms with E-state index in [0.29, 0.717) is 17.2 Å². The van der Waals surface area contributed by atoms with Crippen molar-refractivity contribution in [3.8, 4) is 17.2 Å². The average molecular weight is 366 g/mol. The Morgan fingerprint density at radius 3 is 2.56 bits per heavy atom. The topological polar surface area (TPSA) is 106 Å². The van der Waals surface area contributed by atoms with Gasteiger partial charge < -0.3 is 24.7 Å². The van der Waals surface area contributed by atoms with E-state index in [0.717, 1.165) is 4.68 Å². The number of hydrogen-bond acceptors (Lipinski definition) is 7. The van der Waals surface area contributed by atoms with Gasteiger partial charge >= 0.3 is 0 Å². The Hall–Kier alpha value is -3.81. The summed E-state index contributed by atoms with van der Waals surface area (Å²) in [6, 6.07) is 12.9. The summed E-state index contributed by atoms with van der Waals surface area (Å²) in [7, 11) is 3.01. The second kappa shape index (κ2) is 7.61. The van der Waals surface area contributed by atoms with Crippen LogP contribution in [0.25, 0.3) is 0 Å². The van der Waals surface area contributed by atoms with Gasteiger partial charge in [-0.25, -0.2) is 4.68 Å². The van der Waals surface area contributed by atoms with E-state index in [9.17, 15) is 14.7 Å². The van der Waals surface area contributed by atoms with E-state index < -0.39 is 11.5 Å². The van der Waals surface area contributed by atoms with Crippen molar-refractivity contribution in [2.24, 2.45) is 7.05 Å². The van der Waals surface area contributed by atoms with Gasteiger partial charge in [-0.2, -0.15) is 5.10 Å². The van der Waals surface area contributed by atoms with Gasteiger partial charge in [0.15, 0.2) is 22.9 Å². The number of nitrogens with zero attached hydrogens (tertiary/aromatic N) is 2. The minimum atomic E-state index is -1.31. The molecular weight excluding hydrogens is 350 g/mol. The first-order valence-electron chi connectivity index (χ1n) is 7.95. The third-order valence-electron chi connectivity index (χ3n) is 3.76. The number of para-hydroxylation sites is 2. The molecule has 8 heteroatoms. The van der Waals surface area contributed by atoms with E-state index in [1.54, 1.807) is 36.4 Å². The van der Waals surface area contributed by atoms with Crippen LogP contribution in [0.3, 0.4) is 0 Å². The van der Waals surface area contributed by atoms with Crippen molar-refractivity contribution in [2.45, 2.75) is 0 Å². The van der Waals surface area contributed by atoms with Crippen LogP contribution in [0.4, 0.5) is 11.4 Å². The summed E-state index contributed by atoms with van der Waals surface area (Å²) in [6.45, 7) is 0. The van der Waals surface area contributed by atoms with Crippen LogP contribution in [-0.2, 0) is 7.05 Å². The van der Waals surface area contributed by atoms with Crippen molar-refractivity contribution in [2.75, 3.05) is 12.4 Å². The molecule has 0 radical (unpaired) electrons. The quantitative estimate of drug-likeness (QED) is 0.707. The molecule has 0 aliphatic rings. The number of methoxy groups -OCH3 is 1. The number of carbonyl (C=O) groups is 1. The van der Waals surface area contributed by atoms with Crippen molar-refractivity contribution in [3.05, 3.63) is 70.6 Å². The molecule has 27 heavy (non-hydrogen) atoms. The van der Waals surface area contributed by atoms with Gasteiger partial charge in [0.25, 0.3) is 5.56 Å². The normalized spacial score (nSPS) is 10.3. The Bertz CT molecular complexity index is 1050. The molecule has 0 bridgehead atoms. The van der Waals surface area contributed by atoms with Crippen LogP contribution in [0, 0.1) is 0 Å². The van der Waals surface area contributed by atoms with Crippen molar-refractivity contribution >= 4 is 17.3 Å². The molecule has 1 aromatic heterocycles. The van der Waals surface area contributed by atoms with Gasteiger partial charge in [0.1, 0.15) is 0 Å². The van der Waals surface area contributed by atoms with Gasteiger partial charge in [0.2, 0.25) is 0 Å². The summed E-state index contributed by atoms with van der Waals surface area (Å²) >= 11 is 0. The number of rotatable bonds is 6. The molecule has 0 amide bonds. The third kappa shape index (κ3) is 3.90. The molecule has 8 nitrogen and oxygen atoms in total. The average Bonchev–Trinajstić information content (AvgIpc) is 2.68. The second-order valence-electron chi connectivity index (χ2n) is 5.56. The summed E-state index contributed by atoms with van der Waals surface area (Å²) in [5, 5.41) is 17.9. The first-order valence-corrected chi connectivity index (χ1v) is 7.95. The summed E-state index contributed by atoms with van der Waals surface area (Å²) < 4.78 is 12.2. The number of aryl methyl sites for hydroxylation is 1. The van der Waals surface area contributed by atoms with Crippen molar-refractivity contribution in [1.82, 2.24) is 9.78 Å². The highest BCUT2D eigenvalue weighted by Gasteiger charge is 2.15. The third-order valence-corrected chi connectivity index (χ3v) is 3.76. The van der Waals surface area contributed by atoms with E-state index in [2.05, 4.69) is 10.4 Å². The van der Waals surface area contributed by atoms with Crippen LogP contribution in [0.5, 0.6) is 17.2 Å². The fourth-order valence-corrected chi connectivity index (χ4v) is 2.41. The number of hydrogen-bond donors (Lipinski definition) is 1. The van der Waals surface area contributed by atoms with E-state index >= 15 is 0 Å². The molecule has 1 heterocycles. The molecule has 0 saturated heterocycles. The summed E-state index contributed by atoms with van der Waals surface area (Å²) in [5.41, 5.74) is 0.0399. The van der Waals surface area contributed by atoms with Crippen LogP contribution >= 0.6 is 0 Å². The van der Waals surface area contributed by atoms with Gasteiger partial charge in [0.05, 0.1) is 19.3 Å². The molecule has 1 N–H and O–H groups in total. The Morgan fingerprint density at radius 1 is 1.11 bits per heavy atom. The number of ether oxygens (including phenoxy) is 2. The number of aromatic nitrogens is 2. The van der Waals surface area contributed by atoms with Gasteiger partial charge in [0, 0.05) is 12.7 Å². The zero-order valence-electron chi connectivity index (χ0n) is 14.6. The number of carbonyl (C=O) groups excluding carboxylic acids is 1. The zero-order chi connectivity index (χ0) is 19.4. The molecule has 0 unspecified atom stereocenters. The first-order chi connectivity index (χ1) is 13.0. The first kappa shape index (κ1) is 18.0. The zero-order valence-corrected chi connectivity index (χ0v) is 14.6. The number of nitrogens with one attached hydrogen (secondary N) is 1. The maximum absolute atomic E-state index is 12.6. The summed E-state index contributed by atoms with van der Waals surface area (Å²) in [6.07, 6.45) is 1.39. The van der Waals surface area contributed by atoms with Crippen molar-refractivity contribution in [3.63, 3.8) is 0 Å². The molecule has 0 fully saturated rings. The molecular formula is C19H16N3O5-. The highest BCUT2D eigenvalue weighted by molar-refractivity contribution is 5.87. The fourth-order valence-electron chi connectivity index (χ4n) is 2.41. The van der Waals surface area contributed by atoms with Gasteiger partial charge in [-0.1, -0.05) is 24.3 Å². The predicted molar refractivity (Wildman–Crippen MR) is 96.6 cm³/mol. The molecule has 3 aromatic rings. The fraction of sp³-hybridized carbons (Fsp3) is 0.105. The van der Waals surface area contributed by atoms with E-state index in [-0.39, 0.29) is 17.0 Å². The Morgan fingerprint density at radius 2 is 1.85 bits per heavy atom. The lowest BCUT2D eigenvalue weighted by atomic mass is 10.2. The number of anilines is 2.